The quantitative estimate of drug-likeness (QED) is 0.765. The Hall–Kier alpha value is -1.49. The first kappa shape index (κ1) is 22.2. The lowest BCUT2D eigenvalue weighted by Gasteiger charge is -2.57. The number of benzene rings is 1. The minimum Gasteiger partial charge on any atom is -0.369 e. The van der Waals surface area contributed by atoms with Crippen LogP contribution >= 0.6 is 0 Å². The lowest BCUT2D eigenvalue weighted by Crippen LogP contribution is -2.53. The third-order valence-corrected chi connectivity index (χ3v) is 7.23. The first-order chi connectivity index (χ1) is 13.7. The molecule has 2 bridgehead atoms. The predicted molar refractivity (Wildman–Crippen MR) is 113 cm³/mol. The van der Waals surface area contributed by atoms with E-state index in [0.717, 1.165) is 51.5 Å². The lowest BCUT2D eigenvalue weighted by molar-refractivity contribution is -0.134. The number of carbonyl (C=O) groups excluding carboxylic acids is 1. The Labute approximate surface area is 173 Å². The standard InChI is InChI=1S/C19H26FNO.C5H10FN/c1-17(13-20)8-14-9-18(2,16(21)22)12-19(10-14,11-17)15-6-4-3-5-7-15;6-5-2-1-3-7-4-5/h3-7,14H,8-13H2,1-2H3,(H2,21,22);5,7H,1-4H2/t14?,17-,18?,19?;/m0./s1. The summed E-state index contributed by atoms with van der Waals surface area (Å²) in [5, 5.41) is 2.96. The molecular formula is C24H36F2N2O. The van der Waals surface area contributed by atoms with E-state index in [4.69, 9.17) is 5.73 Å². The fraction of sp³-hybridized carbons (Fsp3) is 0.708. The van der Waals surface area contributed by atoms with E-state index in [1.165, 1.54) is 5.56 Å². The van der Waals surface area contributed by atoms with Gasteiger partial charge >= 0.3 is 0 Å². The van der Waals surface area contributed by atoms with E-state index in [1.54, 1.807) is 0 Å². The van der Waals surface area contributed by atoms with E-state index < -0.39 is 11.6 Å². The molecule has 0 spiro atoms. The minimum atomic E-state index is -0.575. The van der Waals surface area contributed by atoms with Gasteiger partial charge in [-0.25, -0.2) is 4.39 Å². The molecule has 2 saturated carbocycles. The summed E-state index contributed by atoms with van der Waals surface area (Å²) in [6.45, 7) is 5.34. The molecule has 1 aromatic rings. The van der Waals surface area contributed by atoms with Crippen molar-refractivity contribution in [2.75, 3.05) is 19.8 Å². The molecule has 0 aromatic heterocycles. The van der Waals surface area contributed by atoms with Gasteiger partial charge in [-0.15, -0.1) is 0 Å². The molecular weight excluding hydrogens is 370 g/mol. The van der Waals surface area contributed by atoms with Crippen molar-refractivity contribution in [1.29, 1.82) is 0 Å². The molecule has 29 heavy (non-hydrogen) atoms. The molecule has 1 aromatic carbocycles. The Morgan fingerprint density at radius 3 is 2.41 bits per heavy atom. The highest BCUT2D eigenvalue weighted by Gasteiger charge is 2.56. The smallest absolute Gasteiger partial charge is 0.223 e. The Kier molecular flexibility index (Phi) is 6.67. The molecule has 1 saturated heterocycles. The van der Waals surface area contributed by atoms with Crippen molar-refractivity contribution in [2.24, 2.45) is 22.5 Å². The highest BCUT2D eigenvalue weighted by Crippen LogP contribution is 2.61. The predicted octanol–water partition coefficient (Wildman–Crippen LogP) is 4.69. The summed E-state index contributed by atoms with van der Waals surface area (Å²) in [4.78, 5) is 12.1. The highest BCUT2D eigenvalue weighted by atomic mass is 19.1. The van der Waals surface area contributed by atoms with Gasteiger partial charge in [0.05, 0.1) is 6.67 Å². The third kappa shape index (κ3) is 4.99. The largest absolute Gasteiger partial charge is 0.369 e. The molecule has 3 nitrogen and oxygen atoms in total. The van der Waals surface area contributed by atoms with E-state index in [0.29, 0.717) is 12.5 Å². The van der Waals surface area contributed by atoms with Crippen molar-refractivity contribution in [3.8, 4) is 0 Å². The monoisotopic (exact) mass is 406 g/mol. The fourth-order valence-electron chi connectivity index (χ4n) is 6.23. The number of piperidine rings is 1. The minimum absolute atomic E-state index is 0.118. The third-order valence-electron chi connectivity index (χ3n) is 7.23. The molecule has 3 fully saturated rings. The SMILES string of the molecule is CC1(C(N)=O)CC2CC(c3ccccc3)(C1)C[C@@](C)(CF)C2.FC1CCCNC1. The highest BCUT2D eigenvalue weighted by molar-refractivity contribution is 5.80. The van der Waals surface area contributed by atoms with Crippen LogP contribution in [0.5, 0.6) is 0 Å². The van der Waals surface area contributed by atoms with Gasteiger partial charge in [-0.1, -0.05) is 44.2 Å². The summed E-state index contributed by atoms with van der Waals surface area (Å²) in [5.41, 5.74) is 6.10. The van der Waals surface area contributed by atoms with Gasteiger partial charge in [0, 0.05) is 12.0 Å². The number of fused-ring (bicyclic) bond motifs is 2. The van der Waals surface area contributed by atoms with Crippen LogP contribution in [0.3, 0.4) is 0 Å². The average Bonchev–Trinajstić information content (AvgIpc) is 2.69. The van der Waals surface area contributed by atoms with E-state index in [-0.39, 0.29) is 23.4 Å². The van der Waals surface area contributed by atoms with Crippen LogP contribution in [0.4, 0.5) is 8.78 Å². The topological polar surface area (TPSA) is 55.1 Å². The molecule has 162 valence electrons. The van der Waals surface area contributed by atoms with Crippen LogP contribution in [-0.2, 0) is 10.2 Å². The van der Waals surface area contributed by atoms with Crippen LogP contribution in [0.2, 0.25) is 0 Å². The van der Waals surface area contributed by atoms with Crippen molar-refractivity contribution in [1.82, 2.24) is 5.32 Å². The number of rotatable bonds is 3. The molecule has 5 atom stereocenters. The van der Waals surface area contributed by atoms with Crippen LogP contribution in [0, 0.1) is 16.7 Å². The number of hydrogen-bond donors (Lipinski definition) is 2. The molecule has 4 rings (SSSR count). The summed E-state index contributed by atoms with van der Waals surface area (Å²) in [5.74, 6) is 0.169. The van der Waals surface area contributed by atoms with E-state index in [1.807, 2.05) is 25.1 Å². The fourth-order valence-corrected chi connectivity index (χ4v) is 6.23. The Bertz CT molecular complexity index is 693. The molecule has 2 aliphatic carbocycles. The van der Waals surface area contributed by atoms with Crippen LogP contribution in [0.1, 0.15) is 64.4 Å². The Morgan fingerprint density at radius 2 is 1.90 bits per heavy atom. The number of halogens is 2. The van der Waals surface area contributed by atoms with Crippen LogP contribution in [0.25, 0.3) is 0 Å². The number of primary amides is 1. The molecule has 1 amide bonds. The van der Waals surface area contributed by atoms with Crippen molar-refractivity contribution in [3.63, 3.8) is 0 Å². The first-order valence-corrected chi connectivity index (χ1v) is 11.0. The second-order valence-corrected chi connectivity index (χ2v) is 10.3. The zero-order valence-electron chi connectivity index (χ0n) is 17.9. The first-order valence-electron chi connectivity index (χ1n) is 11.0. The van der Waals surface area contributed by atoms with Crippen molar-refractivity contribution in [3.05, 3.63) is 35.9 Å². The van der Waals surface area contributed by atoms with Gasteiger partial charge in [0.25, 0.3) is 0 Å². The summed E-state index contributed by atoms with van der Waals surface area (Å²) in [7, 11) is 0. The summed E-state index contributed by atoms with van der Waals surface area (Å²) in [6, 6.07) is 10.3. The molecule has 3 aliphatic rings. The van der Waals surface area contributed by atoms with E-state index in [2.05, 4.69) is 24.4 Å². The van der Waals surface area contributed by atoms with Crippen molar-refractivity contribution >= 4 is 5.91 Å². The number of alkyl halides is 2. The molecule has 1 heterocycles. The maximum atomic E-state index is 13.7. The zero-order valence-corrected chi connectivity index (χ0v) is 17.9. The van der Waals surface area contributed by atoms with Gasteiger partial charge in [-0.2, -0.15) is 0 Å². The van der Waals surface area contributed by atoms with Gasteiger partial charge in [-0.05, 0) is 73.8 Å². The van der Waals surface area contributed by atoms with E-state index in [9.17, 15) is 13.6 Å². The zero-order chi connectivity index (χ0) is 21.1. The number of nitrogens with two attached hydrogens (primary N) is 1. The maximum absolute atomic E-state index is 13.7. The lowest BCUT2D eigenvalue weighted by atomic mass is 9.47. The van der Waals surface area contributed by atoms with Crippen LogP contribution < -0.4 is 11.1 Å². The molecule has 5 heteroatoms. The van der Waals surface area contributed by atoms with Crippen molar-refractivity contribution < 1.29 is 13.6 Å². The number of hydrogen-bond acceptors (Lipinski definition) is 2. The van der Waals surface area contributed by atoms with E-state index >= 15 is 0 Å². The van der Waals surface area contributed by atoms with Crippen LogP contribution in [-0.4, -0.2) is 31.8 Å². The average molecular weight is 407 g/mol. The normalized spacial score (nSPS) is 39.2. The van der Waals surface area contributed by atoms with Gasteiger partial charge in [-0.3, -0.25) is 9.18 Å². The Balaban J connectivity index is 0.000000290. The molecule has 0 radical (unpaired) electrons. The second-order valence-electron chi connectivity index (χ2n) is 10.3. The summed E-state index contributed by atoms with van der Waals surface area (Å²) in [6.07, 6.45) is 5.44. The summed E-state index contributed by atoms with van der Waals surface area (Å²) < 4.78 is 25.8. The van der Waals surface area contributed by atoms with Crippen LogP contribution in [0.15, 0.2) is 30.3 Å². The maximum Gasteiger partial charge on any atom is 0.223 e. The molecule has 3 N–H and O–H groups in total. The second kappa shape index (κ2) is 8.71. The number of nitrogens with one attached hydrogen (secondary N) is 1. The van der Waals surface area contributed by atoms with Gasteiger partial charge in [0.15, 0.2) is 0 Å². The van der Waals surface area contributed by atoms with Gasteiger partial charge < -0.3 is 11.1 Å². The summed E-state index contributed by atoms with van der Waals surface area (Å²) >= 11 is 0. The van der Waals surface area contributed by atoms with Gasteiger partial charge in [0.1, 0.15) is 6.17 Å². The van der Waals surface area contributed by atoms with Gasteiger partial charge in [0.2, 0.25) is 5.91 Å². The van der Waals surface area contributed by atoms with Crippen molar-refractivity contribution in [2.45, 2.75) is 70.4 Å². The number of amides is 1. The molecule has 4 unspecified atom stereocenters. The molecule has 1 aliphatic heterocycles. The Morgan fingerprint density at radius 1 is 1.17 bits per heavy atom. The number of carbonyl (C=O) groups is 1.